The Labute approximate surface area is 230 Å². The Morgan fingerprint density at radius 2 is 1.83 bits per heavy atom. The minimum atomic E-state index is -0.412. The number of alkyl carbamates (subject to hydrolysis) is 1. The standard InChI is InChI=1S/C26H33ClN4O3.2ClH/c1-2-34-25(33)29-23(21-5-7-22(27)8-6-21)9-14-30-15-10-26(11-16-30)12-17-31(24(26)32)19-20-4-3-13-28-18-20;;/h3-8,13,18,23H,2,9-12,14-17,19H2,1H3,(H,29,33);2*1H. The first-order chi connectivity index (χ1) is 16.5. The summed E-state index contributed by atoms with van der Waals surface area (Å²) in [6, 6.07) is 11.3. The number of nitrogens with one attached hydrogen (secondary N) is 1. The molecule has 1 atom stereocenters. The second kappa shape index (κ2) is 14.0. The van der Waals surface area contributed by atoms with Gasteiger partial charge < -0.3 is 19.9 Å². The topological polar surface area (TPSA) is 74.8 Å². The molecule has 0 saturated carbocycles. The highest BCUT2D eigenvalue weighted by molar-refractivity contribution is 6.30. The fraction of sp³-hybridized carbons (Fsp3) is 0.500. The predicted octanol–water partition coefficient (Wildman–Crippen LogP) is 5.27. The largest absolute Gasteiger partial charge is 0.450 e. The van der Waals surface area contributed by atoms with Crippen molar-refractivity contribution in [3.8, 4) is 0 Å². The Bertz CT molecular complexity index is 970. The van der Waals surface area contributed by atoms with Crippen LogP contribution < -0.4 is 5.32 Å². The van der Waals surface area contributed by atoms with Crippen molar-refractivity contribution in [2.45, 2.75) is 45.2 Å². The number of benzene rings is 1. The Hall–Kier alpha value is -2.06. The Morgan fingerprint density at radius 3 is 2.47 bits per heavy atom. The first kappa shape index (κ1) is 30.2. The number of likely N-dealkylation sites (tertiary alicyclic amines) is 2. The molecule has 10 heteroatoms. The van der Waals surface area contributed by atoms with Crippen LogP contribution in [0.4, 0.5) is 4.79 Å². The van der Waals surface area contributed by atoms with E-state index in [2.05, 4.69) is 15.2 Å². The number of halogens is 3. The molecule has 0 bridgehead atoms. The van der Waals surface area contributed by atoms with Crippen molar-refractivity contribution < 1.29 is 14.3 Å². The van der Waals surface area contributed by atoms with Gasteiger partial charge in [-0.3, -0.25) is 9.78 Å². The van der Waals surface area contributed by atoms with Crippen molar-refractivity contribution in [2.24, 2.45) is 5.41 Å². The molecule has 3 heterocycles. The van der Waals surface area contributed by atoms with E-state index < -0.39 is 6.09 Å². The first-order valence-electron chi connectivity index (χ1n) is 12.1. The highest BCUT2D eigenvalue weighted by Crippen LogP contribution is 2.42. The smallest absolute Gasteiger partial charge is 0.407 e. The van der Waals surface area contributed by atoms with Crippen molar-refractivity contribution in [1.29, 1.82) is 0 Å². The first-order valence-corrected chi connectivity index (χ1v) is 12.5. The van der Waals surface area contributed by atoms with Gasteiger partial charge in [-0.2, -0.15) is 0 Å². The minimum Gasteiger partial charge on any atom is -0.450 e. The Morgan fingerprint density at radius 1 is 1.14 bits per heavy atom. The molecular formula is C26H35Cl3N4O3. The molecule has 2 aromatic rings. The van der Waals surface area contributed by atoms with E-state index in [4.69, 9.17) is 16.3 Å². The Balaban J connectivity index is 0.00000228. The van der Waals surface area contributed by atoms with Crippen LogP contribution in [0.15, 0.2) is 48.8 Å². The lowest BCUT2D eigenvalue weighted by Crippen LogP contribution is -2.45. The third kappa shape index (κ3) is 7.48. The lowest BCUT2D eigenvalue weighted by atomic mass is 9.77. The summed E-state index contributed by atoms with van der Waals surface area (Å²) in [6.07, 6.45) is 6.63. The quantitative estimate of drug-likeness (QED) is 0.479. The van der Waals surface area contributed by atoms with Gasteiger partial charge in [-0.1, -0.05) is 29.8 Å². The van der Waals surface area contributed by atoms with Gasteiger partial charge in [0.15, 0.2) is 0 Å². The molecule has 1 unspecified atom stereocenters. The van der Waals surface area contributed by atoms with Crippen LogP contribution in [0.2, 0.25) is 5.02 Å². The summed E-state index contributed by atoms with van der Waals surface area (Å²) >= 11 is 6.04. The van der Waals surface area contributed by atoms with Gasteiger partial charge in [0.25, 0.3) is 0 Å². The van der Waals surface area contributed by atoms with Gasteiger partial charge in [0.1, 0.15) is 0 Å². The number of piperidine rings is 1. The van der Waals surface area contributed by atoms with Crippen molar-refractivity contribution in [3.05, 3.63) is 64.9 Å². The summed E-state index contributed by atoms with van der Waals surface area (Å²) in [5.41, 5.74) is 1.85. The number of rotatable bonds is 8. The van der Waals surface area contributed by atoms with Gasteiger partial charge in [0, 0.05) is 37.1 Å². The number of carbonyl (C=O) groups is 2. The molecule has 7 nitrogen and oxygen atoms in total. The number of pyridine rings is 1. The minimum absolute atomic E-state index is 0. The third-order valence-electron chi connectivity index (χ3n) is 7.08. The molecule has 1 aromatic heterocycles. The van der Waals surface area contributed by atoms with Crippen molar-refractivity contribution in [1.82, 2.24) is 20.1 Å². The van der Waals surface area contributed by atoms with E-state index in [1.54, 1.807) is 13.1 Å². The van der Waals surface area contributed by atoms with Crippen LogP contribution in [-0.4, -0.2) is 59.6 Å². The van der Waals surface area contributed by atoms with E-state index >= 15 is 0 Å². The van der Waals surface area contributed by atoms with E-state index in [1.807, 2.05) is 47.5 Å². The van der Waals surface area contributed by atoms with Crippen LogP contribution in [-0.2, 0) is 16.1 Å². The lowest BCUT2D eigenvalue weighted by Gasteiger charge is -2.38. The van der Waals surface area contributed by atoms with Crippen molar-refractivity contribution >= 4 is 48.4 Å². The molecule has 0 aliphatic carbocycles. The summed E-state index contributed by atoms with van der Waals surface area (Å²) in [5.74, 6) is 0.291. The number of hydrogen-bond donors (Lipinski definition) is 1. The van der Waals surface area contributed by atoms with E-state index in [0.29, 0.717) is 24.1 Å². The molecule has 2 aliphatic heterocycles. The highest BCUT2D eigenvalue weighted by Gasteiger charge is 2.47. The van der Waals surface area contributed by atoms with Gasteiger partial charge in [0.2, 0.25) is 5.91 Å². The molecule has 2 fully saturated rings. The second-order valence-electron chi connectivity index (χ2n) is 9.22. The molecule has 2 aliphatic rings. The fourth-order valence-corrected chi connectivity index (χ4v) is 5.19. The normalized spacial score (nSPS) is 17.7. The van der Waals surface area contributed by atoms with E-state index in [0.717, 1.165) is 63.0 Å². The maximum Gasteiger partial charge on any atom is 0.407 e. The number of ether oxygens (including phenoxy) is 1. The monoisotopic (exact) mass is 556 g/mol. The van der Waals surface area contributed by atoms with Crippen LogP contribution in [0.3, 0.4) is 0 Å². The Kier molecular flexibility index (Phi) is 11.8. The van der Waals surface area contributed by atoms with Crippen LogP contribution in [0.25, 0.3) is 0 Å². The van der Waals surface area contributed by atoms with Crippen molar-refractivity contribution in [2.75, 3.05) is 32.8 Å². The maximum absolute atomic E-state index is 13.3. The zero-order valence-corrected chi connectivity index (χ0v) is 22.9. The van der Waals surface area contributed by atoms with Gasteiger partial charge in [-0.15, -0.1) is 24.8 Å². The van der Waals surface area contributed by atoms with Crippen molar-refractivity contribution in [3.63, 3.8) is 0 Å². The predicted molar refractivity (Wildman–Crippen MR) is 146 cm³/mol. The number of amides is 2. The van der Waals surface area contributed by atoms with E-state index in [1.165, 1.54) is 0 Å². The molecule has 1 aromatic carbocycles. The fourth-order valence-electron chi connectivity index (χ4n) is 5.07. The van der Waals surface area contributed by atoms with Gasteiger partial charge >= 0.3 is 6.09 Å². The summed E-state index contributed by atoms with van der Waals surface area (Å²) < 4.78 is 5.10. The van der Waals surface area contributed by atoms with Gasteiger partial charge in [-0.25, -0.2) is 4.79 Å². The number of aromatic nitrogens is 1. The maximum atomic E-state index is 13.3. The van der Waals surface area contributed by atoms with Crippen LogP contribution in [0.5, 0.6) is 0 Å². The number of nitrogens with zero attached hydrogens (tertiary/aromatic N) is 3. The molecule has 1 N–H and O–H groups in total. The zero-order chi connectivity index (χ0) is 24.0. The summed E-state index contributed by atoms with van der Waals surface area (Å²) in [4.78, 5) is 33.9. The second-order valence-corrected chi connectivity index (χ2v) is 9.65. The summed E-state index contributed by atoms with van der Waals surface area (Å²) in [7, 11) is 0. The summed E-state index contributed by atoms with van der Waals surface area (Å²) in [5, 5.41) is 3.65. The molecule has 1 spiro atoms. The van der Waals surface area contributed by atoms with E-state index in [9.17, 15) is 9.59 Å². The number of hydrogen-bond acceptors (Lipinski definition) is 5. The van der Waals surface area contributed by atoms with Gasteiger partial charge in [0.05, 0.1) is 18.1 Å². The highest BCUT2D eigenvalue weighted by atomic mass is 35.5. The van der Waals surface area contributed by atoms with Crippen LogP contribution in [0, 0.1) is 5.41 Å². The average Bonchev–Trinajstić information content (AvgIpc) is 3.14. The SMILES string of the molecule is CCOC(=O)NC(CCN1CCC2(CC1)CCN(Cc1cccnc1)C2=O)c1ccc(Cl)cc1.Cl.Cl. The van der Waals surface area contributed by atoms with Crippen LogP contribution in [0.1, 0.15) is 49.8 Å². The molecule has 36 heavy (non-hydrogen) atoms. The molecular weight excluding hydrogens is 523 g/mol. The van der Waals surface area contributed by atoms with Gasteiger partial charge in [-0.05, 0) is 75.0 Å². The molecule has 198 valence electrons. The lowest BCUT2D eigenvalue weighted by molar-refractivity contribution is -0.138. The molecule has 2 saturated heterocycles. The summed E-state index contributed by atoms with van der Waals surface area (Å²) in [6.45, 7) is 6.19. The van der Waals surface area contributed by atoms with E-state index in [-0.39, 0.29) is 36.3 Å². The van der Waals surface area contributed by atoms with Crippen LogP contribution >= 0.6 is 36.4 Å². The average molecular weight is 558 g/mol. The third-order valence-corrected chi connectivity index (χ3v) is 7.34. The molecule has 0 radical (unpaired) electrons. The molecule has 4 rings (SSSR count). The zero-order valence-electron chi connectivity index (χ0n) is 20.5. The molecule has 2 amide bonds. The number of carbonyl (C=O) groups excluding carboxylic acids is 2.